The van der Waals surface area contributed by atoms with Crippen molar-refractivity contribution in [3.63, 3.8) is 0 Å². The third-order valence-electron chi connectivity index (χ3n) is 3.40. The molecular formula is C12H15BrN2. The molecule has 0 atom stereocenters. The molecule has 0 aromatic heterocycles. The summed E-state index contributed by atoms with van der Waals surface area (Å²) >= 11 is 3.55. The molecule has 0 bridgehead atoms. The minimum Gasteiger partial charge on any atom is -0.366 e. The minimum atomic E-state index is 0.727. The number of hydrogen-bond donors (Lipinski definition) is 1. The van der Waals surface area contributed by atoms with Crippen molar-refractivity contribution in [2.45, 2.75) is 18.9 Å². The van der Waals surface area contributed by atoms with Crippen molar-refractivity contribution in [1.82, 2.24) is 5.32 Å². The Labute approximate surface area is 98.8 Å². The zero-order chi connectivity index (χ0) is 10.3. The summed E-state index contributed by atoms with van der Waals surface area (Å²) in [6.45, 7) is 3.52. The third kappa shape index (κ3) is 1.68. The maximum Gasteiger partial charge on any atom is 0.0539 e. The zero-order valence-corrected chi connectivity index (χ0v) is 10.3. The minimum absolute atomic E-state index is 0.727. The van der Waals surface area contributed by atoms with Crippen molar-refractivity contribution in [3.05, 3.63) is 28.2 Å². The average molecular weight is 267 g/mol. The van der Waals surface area contributed by atoms with E-state index in [-0.39, 0.29) is 0 Å². The van der Waals surface area contributed by atoms with Crippen molar-refractivity contribution >= 4 is 21.6 Å². The molecule has 0 unspecified atom stereocenters. The van der Waals surface area contributed by atoms with E-state index in [2.05, 4.69) is 44.3 Å². The molecule has 3 rings (SSSR count). The molecule has 0 saturated carbocycles. The van der Waals surface area contributed by atoms with Gasteiger partial charge in [-0.15, -0.1) is 0 Å². The van der Waals surface area contributed by atoms with Gasteiger partial charge >= 0.3 is 0 Å². The SMILES string of the molecule is Brc1ccc2c(c1)CCCN2C1CNC1. The summed E-state index contributed by atoms with van der Waals surface area (Å²) in [5.74, 6) is 0. The van der Waals surface area contributed by atoms with Crippen LogP contribution in [0.3, 0.4) is 0 Å². The largest absolute Gasteiger partial charge is 0.366 e. The van der Waals surface area contributed by atoms with Gasteiger partial charge in [-0.05, 0) is 36.6 Å². The van der Waals surface area contributed by atoms with Gasteiger partial charge in [0.15, 0.2) is 0 Å². The van der Waals surface area contributed by atoms with Crippen LogP contribution in [0, 0.1) is 0 Å². The molecule has 2 aliphatic rings. The quantitative estimate of drug-likeness (QED) is 0.839. The number of hydrogen-bond acceptors (Lipinski definition) is 2. The highest BCUT2D eigenvalue weighted by Crippen LogP contribution is 2.31. The van der Waals surface area contributed by atoms with Crippen molar-refractivity contribution in [1.29, 1.82) is 0 Å². The molecule has 15 heavy (non-hydrogen) atoms. The summed E-state index contributed by atoms with van der Waals surface area (Å²) in [7, 11) is 0. The lowest BCUT2D eigenvalue weighted by Gasteiger charge is -2.43. The number of anilines is 1. The van der Waals surface area contributed by atoms with Crippen LogP contribution >= 0.6 is 15.9 Å². The predicted molar refractivity (Wildman–Crippen MR) is 66.5 cm³/mol. The van der Waals surface area contributed by atoms with Crippen molar-refractivity contribution < 1.29 is 0 Å². The Morgan fingerprint density at radius 3 is 2.93 bits per heavy atom. The van der Waals surface area contributed by atoms with Crippen LogP contribution in [0.2, 0.25) is 0 Å². The Morgan fingerprint density at radius 1 is 1.33 bits per heavy atom. The molecule has 1 saturated heterocycles. The second-order valence-corrected chi connectivity index (χ2v) is 5.30. The standard InChI is InChI=1S/C12H15BrN2/c13-10-3-4-12-9(6-10)2-1-5-15(12)11-7-14-8-11/h3-4,6,11,14H,1-2,5,7-8H2. The average Bonchev–Trinajstić information content (AvgIpc) is 2.15. The summed E-state index contributed by atoms with van der Waals surface area (Å²) in [4.78, 5) is 2.57. The Kier molecular flexibility index (Phi) is 2.45. The van der Waals surface area contributed by atoms with Crippen LogP contribution in [0.4, 0.5) is 5.69 Å². The lowest BCUT2D eigenvalue weighted by atomic mass is 9.98. The fourth-order valence-electron chi connectivity index (χ4n) is 2.47. The first kappa shape index (κ1) is 9.67. The number of nitrogens with one attached hydrogen (secondary N) is 1. The molecule has 2 heterocycles. The normalized spacial score (nSPS) is 21.0. The van der Waals surface area contributed by atoms with Gasteiger partial charge in [0.25, 0.3) is 0 Å². The molecule has 80 valence electrons. The third-order valence-corrected chi connectivity index (χ3v) is 3.89. The molecule has 1 fully saturated rings. The molecule has 1 N–H and O–H groups in total. The molecule has 0 aliphatic carbocycles. The smallest absolute Gasteiger partial charge is 0.0539 e. The summed E-state index contributed by atoms with van der Waals surface area (Å²) in [6.07, 6.45) is 2.52. The van der Waals surface area contributed by atoms with Crippen LogP contribution < -0.4 is 10.2 Å². The van der Waals surface area contributed by atoms with E-state index in [1.807, 2.05) is 0 Å². The molecule has 0 radical (unpaired) electrons. The van der Waals surface area contributed by atoms with Gasteiger partial charge < -0.3 is 10.2 Å². The van der Waals surface area contributed by atoms with Gasteiger partial charge in [0.2, 0.25) is 0 Å². The second-order valence-electron chi connectivity index (χ2n) is 4.38. The van der Waals surface area contributed by atoms with E-state index in [0.29, 0.717) is 0 Å². The Morgan fingerprint density at radius 2 is 2.20 bits per heavy atom. The molecule has 0 spiro atoms. The van der Waals surface area contributed by atoms with E-state index >= 15 is 0 Å². The highest BCUT2D eigenvalue weighted by molar-refractivity contribution is 9.10. The molecule has 2 nitrogen and oxygen atoms in total. The predicted octanol–water partition coefficient (Wildman–Crippen LogP) is 2.17. The second kappa shape index (κ2) is 3.80. The summed E-state index contributed by atoms with van der Waals surface area (Å²) < 4.78 is 1.20. The van der Waals surface area contributed by atoms with E-state index in [1.54, 1.807) is 0 Å². The number of benzene rings is 1. The number of rotatable bonds is 1. The van der Waals surface area contributed by atoms with Gasteiger partial charge in [-0.1, -0.05) is 15.9 Å². The van der Waals surface area contributed by atoms with E-state index in [9.17, 15) is 0 Å². The van der Waals surface area contributed by atoms with Gasteiger partial charge in [-0.3, -0.25) is 0 Å². The van der Waals surface area contributed by atoms with E-state index in [1.165, 1.54) is 35.1 Å². The van der Waals surface area contributed by atoms with Gasteiger partial charge in [0.1, 0.15) is 0 Å². The number of halogens is 1. The van der Waals surface area contributed by atoms with Crippen molar-refractivity contribution in [2.75, 3.05) is 24.5 Å². The fourth-order valence-corrected chi connectivity index (χ4v) is 2.88. The topological polar surface area (TPSA) is 15.3 Å². The number of aryl methyl sites for hydroxylation is 1. The molecular weight excluding hydrogens is 252 g/mol. The van der Waals surface area contributed by atoms with Crippen molar-refractivity contribution in [2.24, 2.45) is 0 Å². The molecule has 2 aliphatic heterocycles. The van der Waals surface area contributed by atoms with Crippen LogP contribution in [0.5, 0.6) is 0 Å². The van der Waals surface area contributed by atoms with E-state index < -0.39 is 0 Å². The maximum absolute atomic E-state index is 3.55. The van der Waals surface area contributed by atoms with Crippen LogP contribution in [-0.2, 0) is 6.42 Å². The molecule has 0 amide bonds. The highest BCUT2D eigenvalue weighted by Gasteiger charge is 2.28. The molecule has 1 aromatic rings. The van der Waals surface area contributed by atoms with Crippen molar-refractivity contribution in [3.8, 4) is 0 Å². The van der Waals surface area contributed by atoms with E-state index in [0.717, 1.165) is 19.1 Å². The molecule has 1 aromatic carbocycles. The van der Waals surface area contributed by atoms with Gasteiger partial charge in [0, 0.05) is 29.8 Å². The van der Waals surface area contributed by atoms with Gasteiger partial charge in [0.05, 0.1) is 6.04 Å². The van der Waals surface area contributed by atoms with Crippen LogP contribution in [-0.4, -0.2) is 25.7 Å². The fraction of sp³-hybridized carbons (Fsp3) is 0.500. The zero-order valence-electron chi connectivity index (χ0n) is 8.67. The Hall–Kier alpha value is -0.540. The van der Waals surface area contributed by atoms with Crippen LogP contribution in [0.15, 0.2) is 22.7 Å². The monoisotopic (exact) mass is 266 g/mol. The first-order valence-electron chi connectivity index (χ1n) is 5.60. The number of fused-ring (bicyclic) bond motifs is 1. The van der Waals surface area contributed by atoms with Gasteiger partial charge in [-0.25, -0.2) is 0 Å². The summed E-state index contributed by atoms with van der Waals surface area (Å²) in [5, 5.41) is 3.35. The Balaban J connectivity index is 1.95. The van der Waals surface area contributed by atoms with Crippen LogP contribution in [0.1, 0.15) is 12.0 Å². The first-order chi connectivity index (χ1) is 7.34. The maximum atomic E-state index is 3.55. The van der Waals surface area contributed by atoms with Crippen LogP contribution in [0.25, 0.3) is 0 Å². The lowest BCUT2D eigenvalue weighted by molar-refractivity contribution is 0.405. The number of nitrogens with zero attached hydrogens (tertiary/aromatic N) is 1. The van der Waals surface area contributed by atoms with E-state index in [4.69, 9.17) is 0 Å². The lowest BCUT2D eigenvalue weighted by Crippen LogP contribution is -2.58. The highest BCUT2D eigenvalue weighted by atomic mass is 79.9. The first-order valence-corrected chi connectivity index (χ1v) is 6.40. The summed E-state index contributed by atoms with van der Waals surface area (Å²) in [6, 6.07) is 7.42. The summed E-state index contributed by atoms with van der Waals surface area (Å²) in [5.41, 5.74) is 2.96. The van der Waals surface area contributed by atoms with Gasteiger partial charge in [-0.2, -0.15) is 0 Å². The Bertz CT molecular complexity index is 374. The molecule has 3 heteroatoms.